The monoisotopic (exact) mass is 482 g/mol. The Bertz CT molecular complexity index is 1130. The molecule has 0 saturated heterocycles. The number of benzene rings is 3. The number of unbranched alkanes of at least 4 members (excludes halogenated alkanes) is 2. The van der Waals surface area contributed by atoms with Gasteiger partial charge in [0.05, 0.1) is 17.1 Å². The molecule has 1 atom stereocenters. The number of carbonyl (C=O) groups excluding carboxylic acids is 1. The summed E-state index contributed by atoms with van der Waals surface area (Å²) >= 11 is 5.98. The molecule has 178 valence electrons. The molecule has 3 aromatic rings. The fourth-order valence-electron chi connectivity index (χ4n) is 3.34. The maximum atomic E-state index is 12.5. The van der Waals surface area contributed by atoms with E-state index in [4.69, 9.17) is 21.1 Å². The van der Waals surface area contributed by atoms with Crippen molar-refractivity contribution < 1.29 is 19.2 Å². The van der Waals surface area contributed by atoms with Gasteiger partial charge in [-0.3, -0.25) is 14.9 Å². The molecule has 0 aliphatic rings. The number of carbonyl (C=O) groups is 1. The normalized spacial score (nSPS) is 11.5. The standard InChI is InChI=1S/C26H27ClN2O5/c1-3-4-5-7-18(2)28-26(30)19-10-12-22(13-11-19)33-24-15-21(29(31)32)16-25(17-24)34-23-9-6-8-20(27)14-23/h6,8-18H,3-5,7H2,1-2H3,(H,28,30)/t18-/m1/s1. The molecule has 3 aromatic carbocycles. The van der Waals surface area contributed by atoms with Crippen LogP contribution in [-0.4, -0.2) is 16.9 Å². The smallest absolute Gasteiger partial charge is 0.276 e. The van der Waals surface area contributed by atoms with Gasteiger partial charge in [-0.1, -0.05) is 43.9 Å². The van der Waals surface area contributed by atoms with Crippen LogP contribution in [0.1, 0.15) is 49.9 Å². The van der Waals surface area contributed by atoms with Crippen LogP contribution in [0.15, 0.2) is 66.7 Å². The zero-order valence-electron chi connectivity index (χ0n) is 19.1. The number of halogens is 1. The molecular formula is C26H27ClN2O5. The first-order chi connectivity index (χ1) is 16.3. The van der Waals surface area contributed by atoms with Crippen LogP contribution in [0, 0.1) is 10.1 Å². The molecular weight excluding hydrogens is 456 g/mol. The second kappa shape index (κ2) is 12.0. The summed E-state index contributed by atoms with van der Waals surface area (Å²) < 4.78 is 11.5. The average Bonchev–Trinajstić information content (AvgIpc) is 2.79. The van der Waals surface area contributed by atoms with Crippen LogP contribution in [0.4, 0.5) is 5.69 Å². The van der Waals surface area contributed by atoms with Crippen LogP contribution < -0.4 is 14.8 Å². The lowest BCUT2D eigenvalue weighted by Gasteiger charge is -2.14. The highest BCUT2D eigenvalue weighted by atomic mass is 35.5. The van der Waals surface area contributed by atoms with Crippen molar-refractivity contribution >= 4 is 23.2 Å². The lowest BCUT2D eigenvalue weighted by atomic mass is 10.1. The Labute approximate surface area is 203 Å². The number of nitro benzene ring substituents is 1. The van der Waals surface area contributed by atoms with Gasteiger partial charge >= 0.3 is 0 Å². The third-order valence-electron chi connectivity index (χ3n) is 5.08. The van der Waals surface area contributed by atoms with E-state index in [2.05, 4.69) is 12.2 Å². The predicted octanol–water partition coefficient (Wildman–Crippen LogP) is 7.53. The first-order valence-corrected chi connectivity index (χ1v) is 11.5. The molecule has 0 aliphatic carbocycles. The van der Waals surface area contributed by atoms with Crippen LogP contribution in [0.3, 0.4) is 0 Å². The first kappa shape index (κ1) is 25.1. The fraction of sp³-hybridized carbons (Fsp3) is 0.269. The Morgan fingerprint density at radius 1 is 0.971 bits per heavy atom. The summed E-state index contributed by atoms with van der Waals surface area (Å²) in [6.45, 7) is 4.14. The molecule has 0 spiro atoms. The Hall–Kier alpha value is -3.58. The molecule has 34 heavy (non-hydrogen) atoms. The summed E-state index contributed by atoms with van der Waals surface area (Å²) in [5.41, 5.74) is 0.335. The van der Waals surface area contributed by atoms with Crippen molar-refractivity contribution in [1.29, 1.82) is 0 Å². The molecule has 0 radical (unpaired) electrons. The summed E-state index contributed by atoms with van der Waals surface area (Å²) in [5, 5.41) is 14.9. The van der Waals surface area contributed by atoms with E-state index >= 15 is 0 Å². The van der Waals surface area contributed by atoms with E-state index in [0.29, 0.717) is 22.1 Å². The fourth-order valence-corrected chi connectivity index (χ4v) is 3.52. The third-order valence-corrected chi connectivity index (χ3v) is 5.31. The summed E-state index contributed by atoms with van der Waals surface area (Å²) in [6.07, 6.45) is 4.31. The number of nitrogens with one attached hydrogen (secondary N) is 1. The van der Waals surface area contributed by atoms with Crippen molar-refractivity contribution in [3.8, 4) is 23.0 Å². The number of non-ortho nitro benzene ring substituents is 1. The molecule has 0 fully saturated rings. The molecule has 0 unspecified atom stereocenters. The minimum atomic E-state index is -0.521. The molecule has 8 heteroatoms. The largest absolute Gasteiger partial charge is 0.457 e. The summed E-state index contributed by atoms with van der Waals surface area (Å²) in [4.78, 5) is 23.3. The minimum absolute atomic E-state index is 0.0951. The van der Waals surface area contributed by atoms with E-state index < -0.39 is 4.92 Å². The van der Waals surface area contributed by atoms with Crippen molar-refractivity contribution in [2.24, 2.45) is 0 Å². The average molecular weight is 483 g/mol. The van der Waals surface area contributed by atoms with E-state index in [9.17, 15) is 14.9 Å². The summed E-state index contributed by atoms with van der Waals surface area (Å²) in [7, 11) is 0. The first-order valence-electron chi connectivity index (χ1n) is 11.2. The SMILES string of the molecule is CCCCC[C@@H](C)NC(=O)c1ccc(Oc2cc(Oc3cccc(Cl)c3)cc([N+](=O)[O-])c2)cc1. The van der Waals surface area contributed by atoms with Crippen LogP contribution >= 0.6 is 11.6 Å². The molecule has 0 aromatic heterocycles. The van der Waals surface area contributed by atoms with E-state index in [1.807, 2.05) is 6.92 Å². The van der Waals surface area contributed by atoms with Gasteiger partial charge in [0.1, 0.15) is 23.0 Å². The van der Waals surface area contributed by atoms with E-state index in [1.165, 1.54) is 12.1 Å². The van der Waals surface area contributed by atoms with Gasteiger partial charge in [-0.2, -0.15) is 0 Å². The number of amides is 1. The molecule has 0 aliphatic heterocycles. The van der Waals surface area contributed by atoms with Crippen LogP contribution in [0.25, 0.3) is 0 Å². The van der Waals surface area contributed by atoms with Crippen LogP contribution in [0.5, 0.6) is 23.0 Å². The highest BCUT2D eigenvalue weighted by molar-refractivity contribution is 6.30. The molecule has 1 N–H and O–H groups in total. The van der Waals surface area contributed by atoms with Gasteiger partial charge in [-0.25, -0.2) is 0 Å². The van der Waals surface area contributed by atoms with Crippen molar-refractivity contribution in [3.05, 3.63) is 87.4 Å². The second-order valence-electron chi connectivity index (χ2n) is 7.98. The Morgan fingerprint density at radius 3 is 2.26 bits per heavy atom. The number of hydrogen-bond acceptors (Lipinski definition) is 5. The molecule has 3 rings (SSSR count). The second-order valence-corrected chi connectivity index (χ2v) is 8.41. The van der Waals surface area contributed by atoms with Gasteiger partial charge in [-0.15, -0.1) is 0 Å². The zero-order chi connectivity index (χ0) is 24.5. The van der Waals surface area contributed by atoms with E-state index in [-0.39, 0.29) is 29.1 Å². The highest BCUT2D eigenvalue weighted by Crippen LogP contribution is 2.34. The minimum Gasteiger partial charge on any atom is -0.457 e. The van der Waals surface area contributed by atoms with E-state index in [0.717, 1.165) is 25.7 Å². The Balaban J connectivity index is 1.70. The lowest BCUT2D eigenvalue weighted by molar-refractivity contribution is -0.385. The quantitative estimate of drug-likeness (QED) is 0.173. The number of rotatable bonds is 11. The zero-order valence-corrected chi connectivity index (χ0v) is 19.9. The lowest BCUT2D eigenvalue weighted by Crippen LogP contribution is -2.32. The number of ether oxygens (including phenoxy) is 2. The van der Waals surface area contributed by atoms with Crippen molar-refractivity contribution in [1.82, 2.24) is 5.32 Å². The molecule has 1 amide bonds. The third kappa shape index (κ3) is 7.49. The van der Waals surface area contributed by atoms with Gasteiger partial charge in [0.15, 0.2) is 0 Å². The summed E-state index contributed by atoms with van der Waals surface area (Å²) in [6, 6.07) is 17.6. The highest BCUT2D eigenvalue weighted by Gasteiger charge is 2.14. The Morgan fingerprint density at radius 2 is 1.65 bits per heavy atom. The van der Waals surface area contributed by atoms with Crippen LogP contribution in [-0.2, 0) is 0 Å². The van der Waals surface area contributed by atoms with Gasteiger partial charge in [0.2, 0.25) is 0 Å². The number of hydrogen-bond donors (Lipinski definition) is 1. The van der Waals surface area contributed by atoms with Crippen LogP contribution in [0.2, 0.25) is 5.02 Å². The molecule has 0 heterocycles. The summed E-state index contributed by atoms with van der Waals surface area (Å²) in [5.74, 6) is 1.19. The molecule has 7 nitrogen and oxygen atoms in total. The maximum absolute atomic E-state index is 12.5. The van der Waals surface area contributed by atoms with Gasteiger partial charge in [0.25, 0.3) is 11.6 Å². The topological polar surface area (TPSA) is 90.7 Å². The van der Waals surface area contributed by atoms with Crippen molar-refractivity contribution in [3.63, 3.8) is 0 Å². The number of nitro groups is 1. The Kier molecular flexibility index (Phi) is 8.87. The predicted molar refractivity (Wildman–Crippen MR) is 132 cm³/mol. The molecule has 0 saturated carbocycles. The maximum Gasteiger partial charge on any atom is 0.276 e. The molecule has 0 bridgehead atoms. The van der Waals surface area contributed by atoms with Gasteiger partial charge in [-0.05, 0) is 55.8 Å². The van der Waals surface area contributed by atoms with Crippen molar-refractivity contribution in [2.45, 2.75) is 45.6 Å². The van der Waals surface area contributed by atoms with Crippen molar-refractivity contribution in [2.75, 3.05) is 0 Å². The number of nitrogens with zero attached hydrogens (tertiary/aromatic N) is 1. The van der Waals surface area contributed by atoms with Gasteiger partial charge < -0.3 is 14.8 Å². The van der Waals surface area contributed by atoms with E-state index in [1.54, 1.807) is 54.6 Å². The van der Waals surface area contributed by atoms with Gasteiger partial charge in [0, 0.05) is 22.7 Å².